The zero-order chi connectivity index (χ0) is 32.4. The van der Waals surface area contributed by atoms with Gasteiger partial charge in [0.2, 0.25) is 0 Å². The maximum atomic E-state index is 3.51. The summed E-state index contributed by atoms with van der Waals surface area (Å²) in [5, 5.41) is 3.51. The minimum Gasteiger partial charge on any atom is -0.356 e. The number of allylic oxidation sites excluding steroid dienone is 2. The van der Waals surface area contributed by atoms with Crippen molar-refractivity contribution in [1.82, 2.24) is 0 Å². The number of hydrogen-bond acceptors (Lipinski definition) is 2. The Kier molecular flexibility index (Phi) is 13.2. The van der Waals surface area contributed by atoms with Crippen LogP contribution in [0.25, 0.3) is 28.3 Å². The first kappa shape index (κ1) is 33.3. The van der Waals surface area contributed by atoms with Gasteiger partial charge in [-0.2, -0.15) is 0 Å². The number of nitrogens with zero attached hydrogens (tertiary/aromatic N) is 1. The van der Waals surface area contributed by atoms with Crippen LogP contribution in [-0.4, -0.2) is 7.05 Å². The third kappa shape index (κ3) is 9.97. The van der Waals surface area contributed by atoms with Gasteiger partial charge in [-0.05, 0) is 83.3 Å². The molecule has 6 aromatic carbocycles. The lowest BCUT2D eigenvalue weighted by Gasteiger charge is -2.19. The second-order valence-electron chi connectivity index (χ2n) is 10.4. The van der Waals surface area contributed by atoms with Gasteiger partial charge in [-0.25, -0.2) is 0 Å². The normalized spacial score (nSPS) is 10.7. The first-order valence-electron chi connectivity index (χ1n) is 16.0. The van der Waals surface area contributed by atoms with Crippen LogP contribution in [0, 0.1) is 0 Å². The largest absolute Gasteiger partial charge is 0.356 e. The van der Waals surface area contributed by atoms with E-state index in [1.54, 1.807) is 0 Å². The molecule has 0 heterocycles. The van der Waals surface area contributed by atoms with Crippen LogP contribution in [-0.2, 0) is 0 Å². The van der Waals surface area contributed by atoms with Crippen molar-refractivity contribution in [2.24, 2.45) is 0 Å². The lowest BCUT2D eigenvalue weighted by atomic mass is 10.1. The summed E-state index contributed by atoms with van der Waals surface area (Å²) in [5.41, 5.74) is 10.6. The van der Waals surface area contributed by atoms with Crippen molar-refractivity contribution in [3.05, 3.63) is 193 Å². The van der Waals surface area contributed by atoms with Crippen molar-refractivity contribution in [3.8, 4) is 22.3 Å². The van der Waals surface area contributed by atoms with Crippen LogP contribution in [0.5, 0.6) is 0 Å². The summed E-state index contributed by atoms with van der Waals surface area (Å²) in [6.45, 7) is 6.03. The second kappa shape index (κ2) is 18.3. The second-order valence-corrected chi connectivity index (χ2v) is 10.4. The zero-order valence-corrected chi connectivity index (χ0v) is 27.3. The van der Waals surface area contributed by atoms with E-state index in [2.05, 4.69) is 175 Å². The van der Waals surface area contributed by atoms with Gasteiger partial charge >= 0.3 is 0 Å². The monoisotopic (exact) mass is 600 g/mol. The molecular formula is C44H44N2. The number of hydrogen-bond donors (Lipinski definition) is 1. The molecule has 0 saturated heterocycles. The van der Waals surface area contributed by atoms with Crippen LogP contribution >= 0.6 is 0 Å². The average Bonchev–Trinajstić information content (AvgIpc) is 3.14. The van der Waals surface area contributed by atoms with E-state index in [1.807, 2.05) is 51.1 Å². The highest BCUT2D eigenvalue weighted by molar-refractivity contribution is 5.71. The Morgan fingerprint density at radius 2 is 0.957 bits per heavy atom. The molecule has 6 aromatic rings. The molecule has 0 spiro atoms. The molecule has 0 aliphatic heterocycles. The Balaban J connectivity index is 0.000000201. The van der Waals surface area contributed by atoms with E-state index in [0.717, 1.165) is 11.4 Å². The fourth-order valence-electron chi connectivity index (χ4n) is 4.92. The Labute approximate surface area is 276 Å². The third-order valence-electron chi connectivity index (χ3n) is 7.23. The molecule has 46 heavy (non-hydrogen) atoms. The fourth-order valence-corrected chi connectivity index (χ4v) is 4.92. The number of benzene rings is 6. The van der Waals surface area contributed by atoms with Crippen LogP contribution in [0.4, 0.5) is 17.1 Å². The molecule has 0 aliphatic carbocycles. The maximum absolute atomic E-state index is 3.51. The molecule has 1 N–H and O–H groups in total. The van der Waals surface area contributed by atoms with Gasteiger partial charge in [0.15, 0.2) is 0 Å². The van der Waals surface area contributed by atoms with Crippen molar-refractivity contribution in [2.45, 2.75) is 20.8 Å². The summed E-state index contributed by atoms with van der Waals surface area (Å²) in [6.07, 6.45) is 6.28. The van der Waals surface area contributed by atoms with Crippen molar-refractivity contribution in [3.63, 3.8) is 0 Å². The van der Waals surface area contributed by atoms with Crippen LogP contribution < -0.4 is 10.2 Å². The highest BCUT2D eigenvalue weighted by atomic mass is 15.1. The van der Waals surface area contributed by atoms with Crippen molar-refractivity contribution in [1.29, 1.82) is 0 Å². The highest BCUT2D eigenvalue weighted by Gasteiger charge is 2.04. The molecule has 0 aliphatic rings. The van der Waals surface area contributed by atoms with E-state index in [4.69, 9.17) is 0 Å². The summed E-state index contributed by atoms with van der Waals surface area (Å²) < 4.78 is 0. The molecule has 0 aromatic heterocycles. The molecule has 0 amide bonds. The first-order valence-corrected chi connectivity index (χ1v) is 16.0. The SMILES string of the molecule is C/C=C\C(=C/c1ccccc1)Nc1cccc(-c2ccccc2)c1.CC.CN(c1ccccc1)c1ccc(-c2ccccc2)cc1. The van der Waals surface area contributed by atoms with Gasteiger partial charge in [-0.1, -0.05) is 153 Å². The topological polar surface area (TPSA) is 15.3 Å². The molecule has 2 nitrogen and oxygen atoms in total. The lowest BCUT2D eigenvalue weighted by Crippen LogP contribution is -2.08. The smallest absolute Gasteiger partial charge is 0.0408 e. The summed E-state index contributed by atoms with van der Waals surface area (Å²) in [6, 6.07) is 58.8. The van der Waals surface area contributed by atoms with Crippen LogP contribution in [0.3, 0.4) is 0 Å². The molecule has 0 bridgehead atoms. The number of anilines is 3. The fraction of sp³-hybridized carbons (Fsp3) is 0.0909. The molecular weight excluding hydrogens is 556 g/mol. The van der Waals surface area contributed by atoms with E-state index in [-0.39, 0.29) is 0 Å². The molecule has 2 heteroatoms. The van der Waals surface area contributed by atoms with E-state index in [0.29, 0.717) is 0 Å². The van der Waals surface area contributed by atoms with E-state index in [9.17, 15) is 0 Å². The molecule has 0 unspecified atom stereocenters. The molecule has 0 atom stereocenters. The molecule has 6 rings (SSSR count). The Morgan fingerprint density at radius 3 is 1.52 bits per heavy atom. The maximum Gasteiger partial charge on any atom is 0.0408 e. The predicted octanol–water partition coefficient (Wildman–Crippen LogP) is 12.5. The molecule has 230 valence electrons. The van der Waals surface area contributed by atoms with Crippen LogP contribution in [0.1, 0.15) is 26.3 Å². The van der Waals surface area contributed by atoms with E-state index < -0.39 is 0 Å². The molecule has 0 fully saturated rings. The minimum absolute atomic E-state index is 1.06. The number of nitrogens with one attached hydrogen (secondary N) is 1. The quantitative estimate of drug-likeness (QED) is 0.175. The standard InChI is InChI=1S/C23H21N.C19H17N.C2H6/c1-2-10-22(17-19-11-5-3-6-12-19)24-23-16-9-15-21(18-23)20-13-7-4-8-14-20;1-20(18-10-6-3-7-11-18)19-14-12-17(13-15-19)16-8-4-2-5-9-16;1-2/h2-18,24H,1H3;2-15H,1H3;1-2H3/b10-2-,22-17+;;. The van der Waals surface area contributed by atoms with Gasteiger partial charge in [-0.15, -0.1) is 0 Å². The summed E-state index contributed by atoms with van der Waals surface area (Å²) in [7, 11) is 2.09. The highest BCUT2D eigenvalue weighted by Crippen LogP contribution is 2.27. The zero-order valence-electron chi connectivity index (χ0n) is 27.3. The summed E-state index contributed by atoms with van der Waals surface area (Å²) in [5.74, 6) is 0. The van der Waals surface area contributed by atoms with Crippen LogP contribution in [0.2, 0.25) is 0 Å². The van der Waals surface area contributed by atoms with E-state index >= 15 is 0 Å². The number of rotatable bonds is 8. The predicted molar refractivity (Wildman–Crippen MR) is 202 cm³/mol. The van der Waals surface area contributed by atoms with Crippen molar-refractivity contribution >= 4 is 23.1 Å². The van der Waals surface area contributed by atoms with Gasteiger partial charge in [0, 0.05) is 29.8 Å². The van der Waals surface area contributed by atoms with Crippen molar-refractivity contribution < 1.29 is 0 Å². The summed E-state index contributed by atoms with van der Waals surface area (Å²) in [4.78, 5) is 2.19. The minimum atomic E-state index is 1.06. The molecule has 0 saturated carbocycles. The van der Waals surface area contributed by atoms with Gasteiger partial charge < -0.3 is 10.2 Å². The van der Waals surface area contributed by atoms with Crippen molar-refractivity contribution in [2.75, 3.05) is 17.3 Å². The van der Waals surface area contributed by atoms with E-state index in [1.165, 1.54) is 39.2 Å². The Bertz CT molecular complexity index is 1760. The van der Waals surface area contributed by atoms with Gasteiger partial charge in [0.25, 0.3) is 0 Å². The molecule has 0 radical (unpaired) electrons. The average molecular weight is 601 g/mol. The Hall–Kier alpha value is -5.60. The Morgan fingerprint density at radius 1 is 0.500 bits per heavy atom. The first-order chi connectivity index (χ1) is 22.7. The van der Waals surface area contributed by atoms with Gasteiger partial charge in [0.05, 0.1) is 0 Å². The summed E-state index contributed by atoms with van der Waals surface area (Å²) >= 11 is 0. The lowest BCUT2D eigenvalue weighted by molar-refractivity contribution is 1.21. The number of para-hydroxylation sites is 1. The van der Waals surface area contributed by atoms with Gasteiger partial charge in [0.1, 0.15) is 0 Å². The third-order valence-corrected chi connectivity index (χ3v) is 7.23. The van der Waals surface area contributed by atoms with Gasteiger partial charge in [-0.3, -0.25) is 0 Å². The van der Waals surface area contributed by atoms with Crippen LogP contribution in [0.15, 0.2) is 188 Å².